The molecule has 1 aliphatic rings. The molecule has 0 bridgehead atoms. The largest absolute Gasteiger partial charge is 0.348 e. The quantitative estimate of drug-likeness (QED) is 0.773. The van der Waals surface area contributed by atoms with Gasteiger partial charge in [-0.2, -0.15) is 0 Å². The molecule has 0 radical (unpaired) electrons. The summed E-state index contributed by atoms with van der Waals surface area (Å²) in [6.07, 6.45) is 0.982. The summed E-state index contributed by atoms with van der Waals surface area (Å²) in [6, 6.07) is 6.37. The lowest BCUT2D eigenvalue weighted by Crippen LogP contribution is -2.46. The van der Waals surface area contributed by atoms with E-state index in [-0.39, 0.29) is 18.5 Å². The number of amides is 4. The molecular formula is C17H22ClN3O3. The van der Waals surface area contributed by atoms with Gasteiger partial charge in [0.05, 0.1) is 6.04 Å². The van der Waals surface area contributed by atoms with Gasteiger partial charge in [-0.15, -0.1) is 0 Å². The van der Waals surface area contributed by atoms with E-state index in [9.17, 15) is 14.4 Å². The standard InChI is InChI=1S/C17H22ClN3O3/c1-4-17(5-2)15(23)21(16(24)20-17)10-14(22)19-11(3)12-7-6-8-13(18)9-12/h6-9,11H,4-5,10H2,1-3H3,(H,19,22)(H,20,24)/t11-/m1/s1. The van der Waals surface area contributed by atoms with Crippen LogP contribution in [0.2, 0.25) is 5.02 Å². The van der Waals surface area contributed by atoms with Crippen molar-refractivity contribution in [2.75, 3.05) is 6.54 Å². The van der Waals surface area contributed by atoms with E-state index < -0.39 is 17.5 Å². The van der Waals surface area contributed by atoms with E-state index in [0.717, 1.165) is 10.5 Å². The number of rotatable bonds is 6. The Kier molecular flexibility index (Phi) is 5.49. The average Bonchev–Trinajstić information content (AvgIpc) is 2.79. The molecule has 0 unspecified atom stereocenters. The third-order valence-electron chi connectivity index (χ3n) is 4.48. The van der Waals surface area contributed by atoms with Crippen molar-refractivity contribution in [2.45, 2.75) is 45.2 Å². The second-order valence-corrected chi connectivity index (χ2v) is 6.39. The van der Waals surface area contributed by atoms with E-state index in [4.69, 9.17) is 11.6 Å². The molecule has 24 heavy (non-hydrogen) atoms. The number of nitrogens with zero attached hydrogens (tertiary/aromatic N) is 1. The molecule has 2 N–H and O–H groups in total. The lowest BCUT2D eigenvalue weighted by atomic mass is 9.93. The minimum absolute atomic E-state index is 0.279. The van der Waals surface area contributed by atoms with Crippen molar-refractivity contribution >= 4 is 29.4 Å². The first-order chi connectivity index (χ1) is 11.3. The number of halogens is 1. The zero-order valence-electron chi connectivity index (χ0n) is 14.1. The monoisotopic (exact) mass is 351 g/mol. The third kappa shape index (κ3) is 3.53. The number of imide groups is 1. The molecule has 130 valence electrons. The summed E-state index contributed by atoms with van der Waals surface area (Å²) < 4.78 is 0. The highest BCUT2D eigenvalue weighted by Crippen LogP contribution is 2.24. The molecular weight excluding hydrogens is 330 g/mol. The predicted octanol–water partition coefficient (Wildman–Crippen LogP) is 2.63. The summed E-state index contributed by atoms with van der Waals surface area (Å²) in [6.45, 7) is 5.20. The summed E-state index contributed by atoms with van der Waals surface area (Å²) in [7, 11) is 0. The second kappa shape index (κ2) is 7.21. The summed E-state index contributed by atoms with van der Waals surface area (Å²) in [4.78, 5) is 37.7. The van der Waals surface area contributed by atoms with Crippen LogP contribution in [0.25, 0.3) is 0 Å². The van der Waals surface area contributed by atoms with Crippen molar-refractivity contribution in [1.29, 1.82) is 0 Å². The molecule has 1 fully saturated rings. The smallest absolute Gasteiger partial charge is 0.325 e. The van der Waals surface area contributed by atoms with Gasteiger partial charge in [-0.05, 0) is 37.5 Å². The van der Waals surface area contributed by atoms with Crippen LogP contribution < -0.4 is 10.6 Å². The van der Waals surface area contributed by atoms with Crippen LogP contribution in [0.15, 0.2) is 24.3 Å². The van der Waals surface area contributed by atoms with Crippen molar-refractivity contribution in [1.82, 2.24) is 15.5 Å². The molecule has 4 amide bonds. The maximum absolute atomic E-state index is 12.5. The molecule has 1 aromatic carbocycles. The van der Waals surface area contributed by atoms with Crippen LogP contribution in [0.4, 0.5) is 4.79 Å². The number of hydrogen-bond donors (Lipinski definition) is 2. The molecule has 7 heteroatoms. The van der Waals surface area contributed by atoms with Gasteiger partial charge >= 0.3 is 6.03 Å². The van der Waals surface area contributed by atoms with Crippen molar-refractivity contribution in [3.63, 3.8) is 0 Å². The van der Waals surface area contributed by atoms with Crippen LogP contribution in [0.5, 0.6) is 0 Å². The van der Waals surface area contributed by atoms with Crippen LogP contribution in [0, 0.1) is 0 Å². The van der Waals surface area contributed by atoms with Gasteiger partial charge in [0.2, 0.25) is 5.91 Å². The zero-order chi connectivity index (χ0) is 17.9. The fourth-order valence-corrected chi connectivity index (χ4v) is 3.04. The van der Waals surface area contributed by atoms with Gasteiger partial charge < -0.3 is 10.6 Å². The van der Waals surface area contributed by atoms with Crippen molar-refractivity contribution < 1.29 is 14.4 Å². The summed E-state index contributed by atoms with van der Waals surface area (Å²) in [5.41, 5.74) is -0.0415. The molecule has 1 saturated heterocycles. The second-order valence-electron chi connectivity index (χ2n) is 5.95. The molecule has 2 rings (SSSR count). The van der Waals surface area contributed by atoms with Crippen molar-refractivity contribution in [3.8, 4) is 0 Å². The number of hydrogen-bond acceptors (Lipinski definition) is 3. The fraction of sp³-hybridized carbons (Fsp3) is 0.471. The Morgan fingerprint density at radius 2 is 2.00 bits per heavy atom. The third-order valence-corrected chi connectivity index (χ3v) is 4.72. The molecule has 1 atom stereocenters. The maximum atomic E-state index is 12.5. The lowest BCUT2D eigenvalue weighted by molar-refractivity contribution is -0.135. The van der Waals surface area contributed by atoms with E-state index in [1.165, 1.54) is 0 Å². The van der Waals surface area contributed by atoms with Gasteiger partial charge in [0, 0.05) is 5.02 Å². The number of carbonyl (C=O) groups excluding carboxylic acids is 3. The molecule has 6 nitrogen and oxygen atoms in total. The fourth-order valence-electron chi connectivity index (χ4n) is 2.84. The number of nitrogens with one attached hydrogen (secondary N) is 2. The van der Waals surface area contributed by atoms with Crippen molar-refractivity contribution in [3.05, 3.63) is 34.9 Å². The minimum atomic E-state index is -0.893. The predicted molar refractivity (Wildman–Crippen MR) is 91.6 cm³/mol. The van der Waals surface area contributed by atoms with Gasteiger partial charge in [0.25, 0.3) is 5.91 Å². The van der Waals surface area contributed by atoms with Crippen LogP contribution in [0.3, 0.4) is 0 Å². The lowest BCUT2D eigenvalue weighted by Gasteiger charge is -2.23. The zero-order valence-corrected chi connectivity index (χ0v) is 14.8. The highest BCUT2D eigenvalue weighted by atomic mass is 35.5. The van der Waals surface area contributed by atoms with E-state index in [1.54, 1.807) is 18.2 Å². The number of urea groups is 1. The highest BCUT2D eigenvalue weighted by Gasteiger charge is 2.49. The van der Waals surface area contributed by atoms with Gasteiger partial charge in [-0.1, -0.05) is 37.6 Å². The number of benzene rings is 1. The van der Waals surface area contributed by atoms with E-state index in [0.29, 0.717) is 17.9 Å². The molecule has 1 heterocycles. The van der Waals surface area contributed by atoms with E-state index in [2.05, 4.69) is 10.6 Å². The first kappa shape index (κ1) is 18.3. The Hall–Kier alpha value is -2.08. The maximum Gasteiger partial charge on any atom is 0.325 e. The Bertz CT molecular complexity index is 658. The Morgan fingerprint density at radius 1 is 1.33 bits per heavy atom. The first-order valence-corrected chi connectivity index (χ1v) is 8.39. The van der Waals surface area contributed by atoms with E-state index in [1.807, 2.05) is 26.8 Å². The van der Waals surface area contributed by atoms with Gasteiger partial charge in [0.15, 0.2) is 0 Å². The number of carbonyl (C=O) groups is 3. The van der Waals surface area contributed by atoms with Gasteiger partial charge in [-0.3, -0.25) is 14.5 Å². The van der Waals surface area contributed by atoms with Gasteiger partial charge in [-0.25, -0.2) is 4.79 Å². The molecule has 1 aromatic rings. The van der Waals surface area contributed by atoms with E-state index >= 15 is 0 Å². The summed E-state index contributed by atoms with van der Waals surface area (Å²) >= 11 is 5.95. The Labute approximate surface area is 146 Å². The Balaban J connectivity index is 2.02. The topological polar surface area (TPSA) is 78.5 Å². The Morgan fingerprint density at radius 3 is 2.54 bits per heavy atom. The molecule has 0 spiro atoms. The molecule has 0 aromatic heterocycles. The first-order valence-electron chi connectivity index (χ1n) is 8.02. The average molecular weight is 352 g/mol. The highest BCUT2D eigenvalue weighted by molar-refractivity contribution is 6.30. The summed E-state index contributed by atoms with van der Waals surface area (Å²) in [5.74, 6) is -0.739. The molecule has 0 saturated carbocycles. The van der Waals surface area contributed by atoms with Crippen LogP contribution in [0.1, 0.15) is 45.2 Å². The molecule has 0 aliphatic carbocycles. The minimum Gasteiger partial charge on any atom is -0.348 e. The van der Waals surface area contributed by atoms with Gasteiger partial charge in [0.1, 0.15) is 12.1 Å². The van der Waals surface area contributed by atoms with Crippen LogP contribution in [-0.2, 0) is 9.59 Å². The van der Waals surface area contributed by atoms with Crippen LogP contribution >= 0.6 is 11.6 Å². The SMILES string of the molecule is CCC1(CC)NC(=O)N(CC(=O)N[C@H](C)c2cccc(Cl)c2)C1=O. The van der Waals surface area contributed by atoms with Crippen molar-refractivity contribution in [2.24, 2.45) is 0 Å². The van der Waals surface area contributed by atoms with Crippen LogP contribution in [-0.4, -0.2) is 34.8 Å². The normalized spacial score (nSPS) is 17.6. The molecule has 1 aliphatic heterocycles. The summed E-state index contributed by atoms with van der Waals surface area (Å²) in [5, 5.41) is 6.07.